The van der Waals surface area contributed by atoms with Gasteiger partial charge in [-0.3, -0.25) is 4.79 Å². The molecule has 1 aromatic carbocycles. The summed E-state index contributed by atoms with van der Waals surface area (Å²) < 4.78 is 6.69. The first-order valence-electron chi connectivity index (χ1n) is 6.21. The molecule has 98 valence electrons. The molecule has 2 aromatic rings. The van der Waals surface area contributed by atoms with Crippen LogP contribution >= 0.6 is 27.3 Å². The summed E-state index contributed by atoms with van der Waals surface area (Å²) >= 11 is 4.93. The predicted molar refractivity (Wildman–Crippen MR) is 80.3 cm³/mol. The first-order valence-corrected chi connectivity index (χ1v) is 7.82. The van der Waals surface area contributed by atoms with Crippen molar-refractivity contribution in [1.29, 1.82) is 0 Å². The molecule has 1 aliphatic rings. The minimum absolute atomic E-state index is 0.0665. The monoisotopic (exact) mass is 336 g/mol. The second-order valence-electron chi connectivity index (χ2n) is 4.74. The Hall–Kier alpha value is -1.13. The van der Waals surface area contributed by atoms with E-state index in [1.54, 1.807) is 0 Å². The lowest BCUT2D eigenvalue weighted by Gasteiger charge is -2.04. The number of carbonyl (C=O) groups is 1. The second kappa shape index (κ2) is 5.10. The summed E-state index contributed by atoms with van der Waals surface area (Å²) in [5, 5.41) is 0. The van der Waals surface area contributed by atoms with Gasteiger partial charge in [-0.05, 0) is 71.6 Å². The van der Waals surface area contributed by atoms with Gasteiger partial charge in [0.25, 0.3) is 0 Å². The number of rotatable bonds is 4. The van der Waals surface area contributed by atoms with E-state index in [0.29, 0.717) is 11.7 Å². The number of halogens is 1. The van der Waals surface area contributed by atoms with Crippen molar-refractivity contribution >= 4 is 33.0 Å². The van der Waals surface area contributed by atoms with Gasteiger partial charge in [0.1, 0.15) is 5.75 Å². The van der Waals surface area contributed by atoms with Gasteiger partial charge in [-0.2, -0.15) is 0 Å². The first kappa shape index (κ1) is 12.9. The van der Waals surface area contributed by atoms with Gasteiger partial charge in [0.15, 0.2) is 0 Å². The zero-order valence-electron chi connectivity index (χ0n) is 10.5. The molecule has 4 heteroatoms. The molecule has 0 N–H and O–H groups in total. The molecular weight excluding hydrogens is 324 g/mol. The predicted octanol–water partition coefficient (Wildman–Crippen LogP) is 4.59. The third-order valence-electron chi connectivity index (χ3n) is 3.02. The number of benzene rings is 1. The van der Waals surface area contributed by atoms with Crippen molar-refractivity contribution in [3.8, 4) is 5.75 Å². The van der Waals surface area contributed by atoms with Crippen molar-refractivity contribution < 1.29 is 9.53 Å². The zero-order valence-corrected chi connectivity index (χ0v) is 12.9. The molecule has 0 aliphatic heterocycles. The number of hydrogen-bond acceptors (Lipinski definition) is 3. The average Bonchev–Trinajstić information content (AvgIpc) is 3.15. The van der Waals surface area contributed by atoms with E-state index in [4.69, 9.17) is 4.74 Å². The van der Waals surface area contributed by atoms with Crippen LogP contribution in [-0.2, 0) is 0 Å². The molecule has 0 bridgehead atoms. The van der Waals surface area contributed by atoms with Crippen LogP contribution in [0.1, 0.15) is 33.6 Å². The Labute approximate surface area is 124 Å². The van der Waals surface area contributed by atoms with E-state index in [2.05, 4.69) is 15.9 Å². The minimum Gasteiger partial charge on any atom is -0.490 e. The first-order chi connectivity index (χ1) is 9.13. The highest BCUT2D eigenvalue weighted by Crippen LogP contribution is 2.30. The number of hydrogen-bond donors (Lipinski definition) is 0. The summed E-state index contributed by atoms with van der Waals surface area (Å²) in [7, 11) is 0. The fourth-order valence-corrected chi connectivity index (χ4v) is 3.27. The van der Waals surface area contributed by atoms with Crippen LogP contribution in [0.25, 0.3) is 0 Å². The zero-order chi connectivity index (χ0) is 13.4. The molecule has 0 saturated heterocycles. The fourth-order valence-electron chi connectivity index (χ4n) is 1.78. The van der Waals surface area contributed by atoms with Gasteiger partial charge in [-0.1, -0.05) is 0 Å². The number of ketones is 1. The number of carbonyl (C=O) groups excluding carboxylic acids is 1. The molecule has 0 atom stereocenters. The molecule has 3 rings (SSSR count). The van der Waals surface area contributed by atoms with E-state index in [1.807, 2.05) is 37.3 Å². The lowest BCUT2D eigenvalue weighted by molar-refractivity contribution is 0.104. The van der Waals surface area contributed by atoms with Crippen LogP contribution in [0, 0.1) is 6.92 Å². The third-order valence-corrected chi connectivity index (χ3v) is 5.16. The van der Waals surface area contributed by atoms with Crippen molar-refractivity contribution in [2.45, 2.75) is 25.9 Å². The van der Waals surface area contributed by atoms with Crippen LogP contribution < -0.4 is 4.74 Å². The van der Waals surface area contributed by atoms with Gasteiger partial charge in [-0.25, -0.2) is 0 Å². The smallest absolute Gasteiger partial charge is 0.202 e. The van der Waals surface area contributed by atoms with Gasteiger partial charge in [0.05, 0.1) is 14.8 Å². The molecule has 1 heterocycles. The van der Waals surface area contributed by atoms with Gasteiger partial charge >= 0.3 is 0 Å². The van der Waals surface area contributed by atoms with Crippen molar-refractivity contribution in [2.24, 2.45) is 0 Å². The average molecular weight is 337 g/mol. The Balaban J connectivity index is 1.78. The normalized spacial score (nSPS) is 14.4. The molecule has 1 aromatic heterocycles. The maximum Gasteiger partial charge on any atom is 0.202 e. The van der Waals surface area contributed by atoms with Crippen LogP contribution in [0.5, 0.6) is 5.75 Å². The van der Waals surface area contributed by atoms with Crippen molar-refractivity contribution in [3.05, 3.63) is 50.1 Å². The molecular formula is C15H13BrO2S. The molecule has 19 heavy (non-hydrogen) atoms. The fraction of sp³-hybridized carbons (Fsp3) is 0.267. The van der Waals surface area contributed by atoms with Gasteiger partial charge < -0.3 is 4.74 Å². The summed E-state index contributed by atoms with van der Waals surface area (Å²) in [6, 6.07) is 9.35. The molecule has 0 amide bonds. The number of ether oxygens (including phenoxy) is 1. The van der Waals surface area contributed by atoms with Crippen molar-refractivity contribution in [2.75, 3.05) is 0 Å². The number of thiophene rings is 1. The maximum absolute atomic E-state index is 12.3. The standard InChI is InChI=1S/C15H13BrO2S/c1-9-8-13(19-15(9)16)14(17)10-2-4-11(5-3-10)18-12-6-7-12/h2-5,8,12H,6-7H2,1H3. The highest BCUT2D eigenvalue weighted by molar-refractivity contribution is 9.11. The topological polar surface area (TPSA) is 26.3 Å². The Kier molecular flexibility index (Phi) is 3.46. The Morgan fingerprint density at radius 2 is 2.00 bits per heavy atom. The second-order valence-corrected chi connectivity index (χ2v) is 7.11. The highest BCUT2D eigenvalue weighted by Gasteiger charge is 2.23. The maximum atomic E-state index is 12.3. The molecule has 1 aliphatic carbocycles. The van der Waals surface area contributed by atoms with Gasteiger partial charge in [-0.15, -0.1) is 11.3 Å². The SMILES string of the molecule is Cc1cc(C(=O)c2ccc(OC3CC3)cc2)sc1Br. The molecule has 0 spiro atoms. The Bertz CT molecular complexity index is 592. The summed E-state index contributed by atoms with van der Waals surface area (Å²) in [4.78, 5) is 13.1. The van der Waals surface area contributed by atoms with Crippen LogP contribution in [0.2, 0.25) is 0 Å². The molecule has 1 saturated carbocycles. The van der Waals surface area contributed by atoms with Crippen molar-refractivity contribution in [1.82, 2.24) is 0 Å². The van der Waals surface area contributed by atoms with Crippen LogP contribution in [0.15, 0.2) is 34.1 Å². The quantitative estimate of drug-likeness (QED) is 0.763. The van der Waals surface area contributed by atoms with E-state index in [1.165, 1.54) is 11.3 Å². The summed E-state index contributed by atoms with van der Waals surface area (Å²) in [5.74, 6) is 0.916. The summed E-state index contributed by atoms with van der Waals surface area (Å²) in [5.41, 5.74) is 1.80. The minimum atomic E-state index is 0.0665. The molecule has 0 unspecified atom stereocenters. The van der Waals surface area contributed by atoms with E-state index < -0.39 is 0 Å². The van der Waals surface area contributed by atoms with Gasteiger partial charge in [0, 0.05) is 5.56 Å². The van der Waals surface area contributed by atoms with E-state index >= 15 is 0 Å². The van der Waals surface area contributed by atoms with Crippen LogP contribution in [-0.4, -0.2) is 11.9 Å². The summed E-state index contributed by atoms with van der Waals surface area (Å²) in [6.45, 7) is 1.99. The third kappa shape index (κ3) is 2.90. The van der Waals surface area contributed by atoms with E-state index in [0.717, 1.165) is 32.8 Å². The van der Waals surface area contributed by atoms with Crippen LogP contribution in [0.3, 0.4) is 0 Å². The molecule has 1 fully saturated rings. The van der Waals surface area contributed by atoms with Crippen molar-refractivity contribution in [3.63, 3.8) is 0 Å². The Morgan fingerprint density at radius 1 is 1.32 bits per heavy atom. The molecule has 0 radical (unpaired) electrons. The largest absolute Gasteiger partial charge is 0.490 e. The Morgan fingerprint density at radius 3 is 2.53 bits per heavy atom. The lowest BCUT2D eigenvalue weighted by Crippen LogP contribution is -2.00. The lowest BCUT2D eigenvalue weighted by atomic mass is 10.1. The molecule has 2 nitrogen and oxygen atoms in total. The van der Waals surface area contributed by atoms with E-state index in [-0.39, 0.29) is 5.78 Å². The van der Waals surface area contributed by atoms with E-state index in [9.17, 15) is 4.79 Å². The van der Waals surface area contributed by atoms with Crippen LogP contribution in [0.4, 0.5) is 0 Å². The number of aryl methyl sites for hydroxylation is 1. The highest BCUT2D eigenvalue weighted by atomic mass is 79.9. The summed E-state index contributed by atoms with van der Waals surface area (Å²) in [6.07, 6.45) is 2.67. The van der Waals surface area contributed by atoms with Gasteiger partial charge in [0.2, 0.25) is 5.78 Å².